The van der Waals surface area contributed by atoms with Crippen molar-refractivity contribution in [2.45, 2.75) is 9.79 Å². The van der Waals surface area contributed by atoms with Crippen LogP contribution >= 0.6 is 11.8 Å². The Morgan fingerprint density at radius 3 is 2.71 bits per heavy atom. The highest BCUT2D eigenvalue weighted by atomic mass is 32.2. The Bertz CT molecular complexity index is 1110. The molecule has 1 N–H and O–H groups in total. The topological polar surface area (TPSA) is 106 Å². The third kappa shape index (κ3) is 4.11. The van der Waals surface area contributed by atoms with Gasteiger partial charge in [0.25, 0.3) is 5.91 Å². The number of anilines is 1. The number of hydrogen-bond donors (Lipinski definition) is 1. The van der Waals surface area contributed by atoms with E-state index in [1.165, 1.54) is 44.1 Å². The highest BCUT2D eigenvalue weighted by molar-refractivity contribution is 7.98. The molecule has 3 rings (SSSR count). The lowest BCUT2D eigenvalue weighted by Crippen LogP contribution is -2.26. The van der Waals surface area contributed by atoms with E-state index in [-0.39, 0.29) is 17.4 Å². The molecule has 0 aliphatic carbocycles. The molecule has 0 unspecified atom stereocenters. The van der Waals surface area contributed by atoms with Crippen LogP contribution in [0.25, 0.3) is 11.0 Å². The third-order valence-electron chi connectivity index (χ3n) is 3.86. The smallest absolute Gasteiger partial charge is 0.265 e. The van der Waals surface area contributed by atoms with Crippen LogP contribution in [0, 0.1) is 0 Å². The van der Waals surface area contributed by atoms with Gasteiger partial charge in [0, 0.05) is 19.0 Å². The Balaban J connectivity index is 1.76. The summed E-state index contributed by atoms with van der Waals surface area (Å²) in [5, 5.41) is 10.5. The Labute approximate surface area is 166 Å². The van der Waals surface area contributed by atoms with E-state index >= 15 is 0 Å². The molecule has 2 aromatic carbocycles. The van der Waals surface area contributed by atoms with Crippen molar-refractivity contribution in [3.63, 3.8) is 0 Å². The largest absolute Gasteiger partial charge is 0.385 e. The van der Waals surface area contributed by atoms with E-state index in [1.54, 1.807) is 6.07 Å². The van der Waals surface area contributed by atoms with E-state index in [4.69, 9.17) is 4.84 Å². The van der Waals surface area contributed by atoms with E-state index in [2.05, 4.69) is 15.6 Å². The van der Waals surface area contributed by atoms with Gasteiger partial charge in [0.05, 0.1) is 10.6 Å². The molecule has 0 saturated heterocycles. The van der Waals surface area contributed by atoms with Crippen LogP contribution in [0.15, 0.2) is 52.3 Å². The molecule has 148 valence electrons. The van der Waals surface area contributed by atoms with Gasteiger partial charge in [0.2, 0.25) is 10.0 Å². The van der Waals surface area contributed by atoms with Crippen LogP contribution < -0.4 is 10.2 Å². The predicted octanol–water partition coefficient (Wildman–Crippen LogP) is 1.47. The number of fused-ring (bicyclic) bond motifs is 1. The van der Waals surface area contributed by atoms with Crippen molar-refractivity contribution in [1.82, 2.24) is 19.5 Å². The number of carbonyl (C=O) groups excluding carboxylic acids is 1. The average Bonchev–Trinajstić information content (AvgIpc) is 3.09. The van der Waals surface area contributed by atoms with Crippen LogP contribution in [0.3, 0.4) is 0 Å². The van der Waals surface area contributed by atoms with E-state index in [9.17, 15) is 13.2 Å². The Kier molecular flexibility index (Phi) is 5.87. The Morgan fingerprint density at radius 1 is 1.25 bits per heavy atom. The number of para-hydroxylation sites is 1. The van der Waals surface area contributed by atoms with E-state index in [1.807, 2.05) is 24.5 Å². The molecule has 1 heterocycles. The normalized spacial score (nSPS) is 11.7. The second-order valence-electron chi connectivity index (χ2n) is 5.92. The zero-order valence-corrected chi connectivity index (χ0v) is 17.1. The quantitative estimate of drug-likeness (QED) is 0.576. The molecule has 0 aliphatic rings. The number of thioether (sulfide) groups is 1. The number of aromatic nitrogens is 3. The maximum atomic E-state index is 12.3. The van der Waals surface area contributed by atoms with Crippen LogP contribution in [0.2, 0.25) is 0 Å². The van der Waals surface area contributed by atoms with Crippen LogP contribution in [-0.4, -0.2) is 60.7 Å². The summed E-state index contributed by atoms with van der Waals surface area (Å²) in [6, 6.07) is 11.8. The maximum absolute atomic E-state index is 12.3. The standard InChI is InChI=1S/C17H19N5O4S2/c1-21(2)28(24,25)12-8-9-13-15(10-12)22(20-19-13)26-11-17(23)18-14-6-4-5-7-16(14)27-3/h4-10H,11H2,1-3H3,(H,18,23). The zero-order chi connectivity index (χ0) is 20.3. The van der Waals surface area contributed by atoms with Crippen molar-refractivity contribution >= 4 is 44.4 Å². The van der Waals surface area contributed by atoms with Crippen LogP contribution in [0.4, 0.5) is 5.69 Å². The van der Waals surface area contributed by atoms with E-state index < -0.39 is 10.0 Å². The van der Waals surface area contributed by atoms with Crippen molar-refractivity contribution in [3.05, 3.63) is 42.5 Å². The van der Waals surface area contributed by atoms with Gasteiger partial charge in [-0.2, -0.15) is 0 Å². The van der Waals surface area contributed by atoms with Gasteiger partial charge in [-0.1, -0.05) is 17.0 Å². The first kappa shape index (κ1) is 20.1. The number of nitrogens with zero attached hydrogens (tertiary/aromatic N) is 4. The molecule has 0 radical (unpaired) electrons. The summed E-state index contributed by atoms with van der Waals surface area (Å²) in [7, 11) is -0.722. The number of hydrogen-bond acceptors (Lipinski definition) is 7. The summed E-state index contributed by atoms with van der Waals surface area (Å²) in [4.78, 5) is 19.7. The highest BCUT2D eigenvalue weighted by Gasteiger charge is 2.19. The number of benzene rings is 2. The maximum Gasteiger partial charge on any atom is 0.265 e. The molecular formula is C17H19N5O4S2. The summed E-state index contributed by atoms with van der Waals surface area (Å²) in [5.74, 6) is -0.373. The Morgan fingerprint density at radius 2 is 2.00 bits per heavy atom. The first-order valence-corrected chi connectivity index (χ1v) is 10.8. The minimum Gasteiger partial charge on any atom is -0.385 e. The van der Waals surface area contributed by atoms with E-state index in [0.717, 1.165) is 14.0 Å². The number of sulfonamides is 1. The number of amides is 1. The highest BCUT2D eigenvalue weighted by Crippen LogP contribution is 2.24. The molecule has 0 spiro atoms. The fraction of sp³-hybridized carbons (Fsp3) is 0.235. The van der Waals surface area contributed by atoms with Gasteiger partial charge in [0.15, 0.2) is 6.61 Å². The second kappa shape index (κ2) is 8.17. The van der Waals surface area contributed by atoms with Crippen molar-refractivity contribution < 1.29 is 18.0 Å². The van der Waals surface area contributed by atoms with Gasteiger partial charge in [-0.3, -0.25) is 4.79 Å². The van der Waals surface area contributed by atoms with Crippen molar-refractivity contribution in [2.24, 2.45) is 0 Å². The average molecular weight is 422 g/mol. The summed E-state index contributed by atoms with van der Waals surface area (Å²) < 4.78 is 25.7. The lowest BCUT2D eigenvalue weighted by molar-refractivity contribution is -0.121. The molecule has 1 aromatic heterocycles. The monoisotopic (exact) mass is 421 g/mol. The van der Waals surface area contributed by atoms with Gasteiger partial charge in [0.1, 0.15) is 11.0 Å². The van der Waals surface area contributed by atoms with Gasteiger partial charge in [-0.25, -0.2) is 12.7 Å². The molecule has 0 aliphatic heterocycles. The van der Waals surface area contributed by atoms with Crippen LogP contribution in [-0.2, 0) is 14.8 Å². The van der Waals surface area contributed by atoms with Gasteiger partial charge in [-0.15, -0.1) is 16.9 Å². The molecule has 0 fully saturated rings. The molecular weight excluding hydrogens is 402 g/mol. The van der Waals surface area contributed by atoms with Crippen LogP contribution in [0.1, 0.15) is 0 Å². The minimum absolute atomic E-state index is 0.0792. The Hall–Kier alpha value is -2.63. The van der Waals surface area contributed by atoms with Gasteiger partial charge >= 0.3 is 0 Å². The minimum atomic E-state index is -3.62. The van der Waals surface area contributed by atoms with Crippen molar-refractivity contribution in [1.29, 1.82) is 0 Å². The van der Waals surface area contributed by atoms with E-state index in [0.29, 0.717) is 16.7 Å². The number of carbonyl (C=O) groups is 1. The van der Waals surface area contributed by atoms with Gasteiger partial charge < -0.3 is 10.2 Å². The van der Waals surface area contributed by atoms with Gasteiger partial charge in [-0.05, 0) is 41.8 Å². The third-order valence-corrected chi connectivity index (χ3v) is 6.47. The summed E-state index contributed by atoms with van der Waals surface area (Å²) in [6.45, 7) is -0.314. The molecule has 1 amide bonds. The molecule has 11 heteroatoms. The second-order valence-corrected chi connectivity index (χ2v) is 8.92. The van der Waals surface area contributed by atoms with Crippen molar-refractivity contribution in [2.75, 3.05) is 32.3 Å². The summed E-state index contributed by atoms with van der Waals surface area (Å²) in [6.07, 6.45) is 1.92. The first-order valence-electron chi connectivity index (χ1n) is 8.17. The number of rotatable bonds is 7. The molecule has 0 bridgehead atoms. The molecule has 0 atom stereocenters. The first-order chi connectivity index (χ1) is 13.3. The molecule has 0 saturated carbocycles. The van der Waals surface area contributed by atoms with Crippen molar-refractivity contribution in [3.8, 4) is 0 Å². The fourth-order valence-corrected chi connectivity index (χ4v) is 3.87. The van der Waals surface area contributed by atoms with Crippen LogP contribution in [0.5, 0.6) is 0 Å². The molecule has 3 aromatic rings. The molecule has 9 nitrogen and oxygen atoms in total. The SMILES string of the molecule is CSc1ccccc1NC(=O)COn1nnc2ccc(S(=O)(=O)N(C)C)cc21. The molecule has 28 heavy (non-hydrogen) atoms. The summed E-state index contributed by atoms with van der Waals surface area (Å²) in [5.41, 5.74) is 1.48. The lowest BCUT2D eigenvalue weighted by Gasteiger charge is -2.12. The lowest BCUT2D eigenvalue weighted by atomic mass is 10.3. The summed E-state index contributed by atoms with van der Waals surface area (Å²) >= 11 is 1.52. The zero-order valence-electron chi connectivity index (χ0n) is 15.5. The predicted molar refractivity (Wildman–Crippen MR) is 107 cm³/mol. The fourth-order valence-electron chi connectivity index (χ4n) is 2.40. The number of nitrogens with one attached hydrogen (secondary N) is 1.